The monoisotopic (exact) mass is 308 g/mol. The van der Waals surface area contributed by atoms with Crippen molar-refractivity contribution in [1.82, 2.24) is 14.7 Å². The summed E-state index contributed by atoms with van der Waals surface area (Å²) in [5, 5.41) is 0. The molecule has 0 spiro atoms. The number of nitrogens with two attached hydrogens (primary N) is 1. The van der Waals surface area contributed by atoms with Crippen LogP contribution in [0.5, 0.6) is 0 Å². The molecule has 6 nitrogen and oxygen atoms in total. The van der Waals surface area contributed by atoms with Gasteiger partial charge in [-0.1, -0.05) is 19.9 Å². The van der Waals surface area contributed by atoms with Crippen LogP contribution in [-0.2, 0) is 16.4 Å². The standard InChI is InChI=1S/C14H20N4O2S/c1-3-10-5-6-11(15)9-13(10)21(19,20)18-12(4-2)14-16-7-8-17-14/h5-9,12,18H,3-4,15H2,1-2H3,(H,16,17). The lowest BCUT2D eigenvalue weighted by Crippen LogP contribution is -2.29. The first kappa shape index (κ1) is 15.5. The van der Waals surface area contributed by atoms with E-state index < -0.39 is 16.1 Å². The number of nitrogens with one attached hydrogen (secondary N) is 2. The Balaban J connectivity index is 2.36. The van der Waals surface area contributed by atoms with Gasteiger partial charge in [0.2, 0.25) is 10.0 Å². The molecule has 4 N–H and O–H groups in total. The third-order valence-corrected chi connectivity index (χ3v) is 4.87. The molecule has 2 rings (SSSR count). The molecule has 0 bridgehead atoms. The van der Waals surface area contributed by atoms with Crippen molar-refractivity contribution in [2.75, 3.05) is 5.73 Å². The summed E-state index contributed by atoms with van der Waals surface area (Å²) in [7, 11) is -3.65. The first-order chi connectivity index (χ1) is 9.97. The minimum Gasteiger partial charge on any atom is -0.399 e. The summed E-state index contributed by atoms with van der Waals surface area (Å²) in [6.45, 7) is 3.81. The van der Waals surface area contributed by atoms with Crippen molar-refractivity contribution in [1.29, 1.82) is 0 Å². The molecule has 0 amide bonds. The second-order valence-corrected chi connectivity index (χ2v) is 6.46. The Bertz CT molecular complexity index is 696. The predicted molar refractivity (Wildman–Crippen MR) is 82.2 cm³/mol. The van der Waals surface area contributed by atoms with Crippen LogP contribution >= 0.6 is 0 Å². The molecule has 2 aromatic rings. The van der Waals surface area contributed by atoms with E-state index in [9.17, 15) is 8.42 Å². The van der Waals surface area contributed by atoms with E-state index in [2.05, 4.69) is 14.7 Å². The van der Waals surface area contributed by atoms with Crippen molar-refractivity contribution in [2.45, 2.75) is 37.6 Å². The highest BCUT2D eigenvalue weighted by atomic mass is 32.2. The highest BCUT2D eigenvalue weighted by Gasteiger charge is 2.23. The molecule has 0 radical (unpaired) electrons. The molecule has 1 heterocycles. The van der Waals surface area contributed by atoms with Gasteiger partial charge in [-0.15, -0.1) is 0 Å². The van der Waals surface area contributed by atoms with Crippen LogP contribution in [0, 0.1) is 0 Å². The third kappa shape index (κ3) is 3.43. The zero-order chi connectivity index (χ0) is 15.5. The van der Waals surface area contributed by atoms with Crippen molar-refractivity contribution in [3.63, 3.8) is 0 Å². The SMILES string of the molecule is CCc1ccc(N)cc1S(=O)(=O)NC(CC)c1ncc[nH]1. The van der Waals surface area contributed by atoms with Crippen LogP contribution in [0.2, 0.25) is 0 Å². The molecule has 0 aliphatic carbocycles. The molecule has 0 saturated carbocycles. The number of aryl methyl sites for hydroxylation is 1. The maximum Gasteiger partial charge on any atom is 0.241 e. The van der Waals surface area contributed by atoms with Crippen LogP contribution in [0.4, 0.5) is 5.69 Å². The Morgan fingerprint density at radius 1 is 1.38 bits per heavy atom. The molecule has 0 aliphatic rings. The van der Waals surface area contributed by atoms with Gasteiger partial charge in [0.1, 0.15) is 5.82 Å². The maximum atomic E-state index is 12.6. The van der Waals surface area contributed by atoms with E-state index in [0.717, 1.165) is 5.56 Å². The van der Waals surface area contributed by atoms with Crippen LogP contribution in [0.25, 0.3) is 0 Å². The highest BCUT2D eigenvalue weighted by Crippen LogP contribution is 2.22. The fraction of sp³-hybridized carbons (Fsp3) is 0.357. The number of hydrogen-bond acceptors (Lipinski definition) is 4. The van der Waals surface area contributed by atoms with E-state index in [0.29, 0.717) is 24.4 Å². The van der Waals surface area contributed by atoms with Gasteiger partial charge in [-0.2, -0.15) is 0 Å². The molecule has 0 aliphatic heterocycles. The van der Waals surface area contributed by atoms with Gasteiger partial charge in [-0.05, 0) is 30.5 Å². The number of hydrogen-bond donors (Lipinski definition) is 3. The summed E-state index contributed by atoms with van der Waals surface area (Å²) in [5.41, 5.74) is 6.90. The van der Waals surface area contributed by atoms with Crippen LogP contribution in [0.3, 0.4) is 0 Å². The normalized spacial score (nSPS) is 13.2. The van der Waals surface area contributed by atoms with E-state index in [1.165, 1.54) is 6.07 Å². The minimum absolute atomic E-state index is 0.231. The van der Waals surface area contributed by atoms with Gasteiger partial charge < -0.3 is 10.7 Å². The number of imidazole rings is 1. The van der Waals surface area contributed by atoms with Crippen LogP contribution < -0.4 is 10.5 Å². The largest absolute Gasteiger partial charge is 0.399 e. The summed E-state index contributed by atoms with van der Waals surface area (Å²) in [4.78, 5) is 7.29. The topological polar surface area (TPSA) is 101 Å². The number of H-pyrrole nitrogens is 1. The molecule has 0 fully saturated rings. The number of sulfonamides is 1. The van der Waals surface area contributed by atoms with E-state index >= 15 is 0 Å². The summed E-state index contributed by atoms with van der Waals surface area (Å²) < 4.78 is 27.9. The van der Waals surface area contributed by atoms with Crippen molar-refractivity contribution in [3.8, 4) is 0 Å². The van der Waals surface area contributed by atoms with E-state index in [1.54, 1.807) is 24.5 Å². The Morgan fingerprint density at radius 3 is 2.71 bits per heavy atom. The fourth-order valence-electron chi connectivity index (χ4n) is 2.16. The molecule has 0 saturated heterocycles. The smallest absolute Gasteiger partial charge is 0.241 e. The quantitative estimate of drug-likeness (QED) is 0.710. The first-order valence-electron chi connectivity index (χ1n) is 6.88. The lowest BCUT2D eigenvalue weighted by Gasteiger charge is -2.17. The van der Waals surface area contributed by atoms with Gasteiger partial charge in [-0.25, -0.2) is 18.1 Å². The van der Waals surface area contributed by atoms with Crippen molar-refractivity contribution >= 4 is 15.7 Å². The number of benzene rings is 1. The van der Waals surface area contributed by atoms with Gasteiger partial charge in [-0.3, -0.25) is 0 Å². The Kier molecular flexibility index (Phi) is 4.64. The summed E-state index contributed by atoms with van der Waals surface area (Å²) in [6.07, 6.45) is 4.49. The third-order valence-electron chi connectivity index (χ3n) is 3.32. The molecule has 1 aromatic heterocycles. The zero-order valence-electron chi connectivity index (χ0n) is 12.1. The number of aromatic amines is 1. The molecule has 1 unspecified atom stereocenters. The molecular weight excluding hydrogens is 288 g/mol. The maximum absolute atomic E-state index is 12.6. The van der Waals surface area contributed by atoms with Crippen LogP contribution in [0.1, 0.15) is 37.7 Å². The fourth-order valence-corrected chi connectivity index (χ4v) is 3.79. The average Bonchev–Trinajstić information content (AvgIpc) is 2.99. The second-order valence-electron chi connectivity index (χ2n) is 4.78. The first-order valence-corrected chi connectivity index (χ1v) is 8.36. The number of nitrogen functional groups attached to an aromatic ring is 1. The van der Waals surface area contributed by atoms with Gasteiger partial charge in [0.15, 0.2) is 0 Å². The highest BCUT2D eigenvalue weighted by molar-refractivity contribution is 7.89. The number of rotatable bonds is 6. The number of aromatic nitrogens is 2. The Hall–Kier alpha value is -1.86. The Morgan fingerprint density at radius 2 is 2.14 bits per heavy atom. The van der Waals surface area contributed by atoms with Crippen molar-refractivity contribution in [3.05, 3.63) is 42.0 Å². The van der Waals surface area contributed by atoms with Gasteiger partial charge in [0.25, 0.3) is 0 Å². The lowest BCUT2D eigenvalue weighted by molar-refractivity contribution is 0.538. The number of nitrogens with zero attached hydrogens (tertiary/aromatic N) is 1. The Labute approximate surface area is 124 Å². The van der Waals surface area contributed by atoms with E-state index in [4.69, 9.17) is 5.73 Å². The molecule has 21 heavy (non-hydrogen) atoms. The zero-order valence-corrected chi connectivity index (χ0v) is 12.9. The van der Waals surface area contributed by atoms with Gasteiger partial charge in [0, 0.05) is 18.1 Å². The van der Waals surface area contributed by atoms with Crippen molar-refractivity contribution < 1.29 is 8.42 Å². The molecule has 1 atom stereocenters. The van der Waals surface area contributed by atoms with E-state index in [-0.39, 0.29) is 4.90 Å². The molecule has 114 valence electrons. The van der Waals surface area contributed by atoms with Crippen LogP contribution in [-0.4, -0.2) is 18.4 Å². The van der Waals surface area contributed by atoms with Gasteiger partial charge in [0.05, 0.1) is 10.9 Å². The molecular formula is C14H20N4O2S. The van der Waals surface area contributed by atoms with Crippen LogP contribution in [0.15, 0.2) is 35.5 Å². The van der Waals surface area contributed by atoms with Gasteiger partial charge >= 0.3 is 0 Å². The predicted octanol–water partition coefficient (Wildman–Crippen LogP) is 1.98. The van der Waals surface area contributed by atoms with Crippen molar-refractivity contribution in [2.24, 2.45) is 0 Å². The lowest BCUT2D eigenvalue weighted by atomic mass is 10.1. The molecule has 1 aromatic carbocycles. The molecule has 7 heteroatoms. The summed E-state index contributed by atoms with van der Waals surface area (Å²) in [6, 6.07) is 4.56. The summed E-state index contributed by atoms with van der Waals surface area (Å²) in [5.74, 6) is 0.600. The minimum atomic E-state index is -3.65. The van der Waals surface area contributed by atoms with E-state index in [1.807, 2.05) is 13.8 Å². The number of anilines is 1. The second kappa shape index (κ2) is 6.28. The average molecular weight is 308 g/mol. The summed E-state index contributed by atoms with van der Waals surface area (Å²) >= 11 is 0.